The maximum absolute atomic E-state index is 10.8. The highest BCUT2D eigenvalue weighted by Gasteiger charge is 2.24. The molecule has 0 bridgehead atoms. The quantitative estimate of drug-likeness (QED) is 0.818. The number of carboxylic acid groups (broad SMARTS) is 1. The first-order chi connectivity index (χ1) is 8.60. The summed E-state index contributed by atoms with van der Waals surface area (Å²) < 4.78 is 0. The van der Waals surface area contributed by atoms with E-state index in [2.05, 4.69) is 12.2 Å². The third-order valence-corrected chi connectivity index (χ3v) is 3.70. The summed E-state index contributed by atoms with van der Waals surface area (Å²) >= 11 is 6.10. The van der Waals surface area contributed by atoms with E-state index in [1.165, 1.54) is 25.3 Å². The summed E-state index contributed by atoms with van der Waals surface area (Å²) in [4.78, 5) is 10.8. The van der Waals surface area contributed by atoms with Gasteiger partial charge in [-0.05, 0) is 37.0 Å². The van der Waals surface area contributed by atoms with E-state index in [0.717, 1.165) is 18.0 Å². The lowest BCUT2D eigenvalue weighted by Crippen LogP contribution is -2.19. The minimum absolute atomic E-state index is 0.223. The van der Waals surface area contributed by atoms with E-state index in [0.29, 0.717) is 11.1 Å². The molecule has 2 N–H and O–H groups in total. The molecule has 1 saturated carbocycles. The molecule has 0 aromatic heterocycles. The molecule has 18 heavy (non-hydrogen) atoms. The van der Waals surface area contributed by atoms with Crippen molar-refractivity contribution in [3.8, 4) is 0 Å². The summed E-state index contributed by atoms with van der Waals surface area (Å²) in [6, 6.07) is 5.25. The summed E-state index contributed by atoms with van der Waals surface area (Å²) in [6.07, 6.45) is 4.90. The van der Waals surface area contributed by atoms with Gasteiger partial charge in [-0.1, -0.05) is 31.4 Å². The average Bonchev–Trinajstić information content (AvgIpc) is 3.14. The Morgan fingerprint density at radius 3 is 2.78 bits per heavy atom. The molecule has 0 radical (unpaired) electrons. The molecule has 1 aromatic carbocycles. The van der Waals surface area contributed by atoms with Gasteiger partial charge in [-0.2, -0.15) is 0 Å². The van der Waals surface area contributed by atoms with Gasteiger partial charge in [-0.3, -0.25) is 0 Å². The van der Waals surface area contributed by atoms with Gasteiger partial charge in [0, 0.05) is 6.04 Å². The number of halogens is 1. The molecule has 1 aliphatic carbocycles. The van der Waals surface area contributed by atoms with Gasteiger partial charge in [0.25, 0.3) is 0 Å². The van der Waals surface area contributed by atoms with Crippen molar-refractivity contribution in [2.75, 3.05) is 5.32 Å². The number of nitrogens with one attached hydrogen (secondary N) is 1. The van der Waals surface area contributed by atoms with Crippen LogP contribution in [-0.4, -0.2) is 17.1 Å². The second-order valence-corrected chi connectivity index (χ2v) is 5.34. The van der Waals surface area contributed by atoms with Crippen LogP contribution in [-0.2, 0) is 0 Å². The highest BCUT2D eigenvalue weighted by molar-refractivity contribution is 6.33. The topological polar surface area (TPSA) is 49.3 Å². The van der Waals surface area contributed by atoms with Gasteiger partial charge in [-0.15, -0.1) is 0 Å². The van der Waals surface area contributed by atoms with Gasteiger partial charge in [-0.25, -0.2) is 4.79 Å². The van der Waals surface area contributed by atoms with Gasteiger partial charge in [0.15, 0.2) is 0 Å². The Balaban J connectivity index is 2.05. The van der Waals surface area contributed by atoms with Crippen molar-refractivity contribution in [3.63, 3.8) is 0 Å². The minimum atomic E-state index is -0.950. The smallest absolute Gasteiger partial charge is 0.335 e. The van der Waals surface area contributed by atoms with Crippen LogP contribution in [0.5, 0.6) is 0 Å². The molecule has 0 saturated heterocycles. The van der Waals surface area contributed by atoms with Gasteiger partial charge in [0.2, 0.25) is 0 Å². The molecule has 3 nitrogen and oxygen atoms in total. The summed E-state index contributed by atoms with van der Waals surface area (Å²) in [5.74, 6) is -0.0898. The van der Waals surface area contributed by atoms with Gasteiger partial charge in [0.05, 0.1) is 16.3 Å². The van der Waals surface area contributed by atoms with Crippen LogP contribution in [0.3, 0.4) is 0 Å². The molecule has 4 heteroatoms. The van der Waals surface area contributed by atoms with Crippen molar-refractivity contribution in [1.29, 1.82) is 0 Å². The normalized spacial score (nSPS) is 16.3. The molecule has 1 atom stereocenters. The lowest BCUT2D eigenvalue weighted by atomic mass is 10.1. The molecule has 98 valence electrons. The molecule has 1 fully saturated rings. The molecular weight excluding hydrogens is 250 g/mol. The Morgan fingerprint density at radius 2 is 2.28 bits per heavy atom. The van der Waals surface area contributed by atoms with Crippen LogP contribution >= 0.6 is 11.6 Å². The van der Waals surface area contributed by atoms with Gasteiger partial charge in [0.1, 0.15) is 0 Å². The zero-order chi connectivity index (χ0) is 13.1. The van der Waals surface area contributed by atoms with Crippen molar-refractivity contribution < 1.29 is 9.90 Å². The van der Waals surface area contributed by atoms with Crippen LogP contribution in [0, 0.1) is 5.92 Å². The maximum Gasteiger partial charge on any atom is 0.335 e. The standard InChI is InChI=1S/C14H18ClNO2/c1-2-11(7-9-3-4-9)16-13-6-5-10(14(17)18)8-12(13)15/h5-6,8-9,11,16H,2-4,7H2,1H3,(H,17,18). The van der Waals surface area contributed by atoms with Crippen LogP contribution in [0.25, 0.3) is 0 Å². The monoisotopic (exact) mass is 267 g/mol. The summed E-state index contributed by atoms with van der Waals surface area (Å²) in [7, 11) is 0. The van der Waals surface area contributed by atoms with Crippen LogP contribution in [0.15, 0.2) is 18.2 Å². The molecule has 0 aliphatic heterocycles. The number of rotatable bonds is 6. The van der Waals surface area contributed by atoms with E-state index in [9.17, 15) is 4.79 Å². The molecule has 1 aliphatic rings. The second-order valence-electron chi connectivity index (χ2n) is 4.93. The Bertz CT molecular complexity index is 443. The highest BCUT2D eigenvalue weighted by atomic mass is 35.5. The van der Waals surface area contributed by atoms with Crippen molar-refractivity contribution in [3.05, 3.63) is 28.8 Å². The summed E-state index contributed by atoms with van der Waals surface area (Å²) in [5, 5.41) is 12.8. The van der Waals surface area contributed by atoms with E-state index in [4.69, 9.17) is 16.7 Å². The lowest BCUT2D eigenvalue weighted by Gasteiger charge is -2.19. The first-order valence-electron chi connectivity index (χ1n) is 6.39. The molecule has 2 rings (SSSR count). The molecule has 0 spiro atoms. The summed E-state index contributed by atoms with van der Waals surface area (Å²) in [5.41, 5.74) is 1.05. The van der Waals surface area contributed by atoms with Crippen LogP contribution in [0.4, 0.5) is 5.69 Å². The molecule has 1 unspecified atom stereocenters. The maximum atomic E-state index is 10.8. The van der Waals surface area contributed by atoms with Gasteiger partial charge >= 0.3 is 5.97 Å². The Morgan fingerprint density at radius 1 is 1.56 bits per heavy atom. The van der Waals surface area contributed by atoms with E-state index in [-0.39, 0.29) is 5.56 Å². The predicted octanol–water partition coefficient (Wildman–Crippen LogP) is 4.03. The van der Waals surface area contributed by atoms with Crippen molar-refractivity contribution in [2.24, 2.45) is 5.92 Å². The Hall–Kier alpha value is -1.22. The third-order valence-electron chi connectivity index (χ3n) is 3.38. The molecule has 0 amide bonds. The fourth-order valence-corrected chi connectivity index (χ4v) is 2.30. The third kappa shape index (κ3) is 3.39. The van der Waals surface area contributed by atoms with Crippen LogP contribution in [0.2, 0.25) is 5.02 Å². The number of anilines is 1. The predicted molar refractivity (Wildman–Crippen MR) is 73.5 cm³/mol. The fourth-order valence-electron chi connectivity index (χ4n) is 2.07. The number of hydrogen-bond acceptors (Lipinski definition) is 2. The first-order valence-corrected chi connectivity index (χ1v) is 6.77. The van der Waals surface area contributed by atoms with E-state index >= 15 is 0 Å². The number of aromatic carboxylic acids is 1. The Labute approximate surface area is 112 Å². The van der Waals surface area contributed by atoms with E-state index < -0.39 is 5.97 Å². The molecule has 1 aromatic rings. The average molecular weight is 268 g/mol. The largest absolute Gasteiger partial charge is 0.478 e. The van der Waals surface area contributed by atoms with Gasteiger partial charge < -0.3 is 10.4 Å². The lowest BCUT2D eigenvalue weighted by molar-refractivity contribution is 0.0697. The highest BCUT2D eigenvalue weighted by Crippen LogP contribution is 2.35. The molecule has 0 heterocycles. The zero-order valence-electron chi connectivity index (χ0n) is 10.4. The number of benzene rings is 1. The number of carboxylic acids is 1. The Kier molecular flexibility index (Phi) is 4.12. The van der Waals surface area contributed by atoms with Crippen LogP contribution < -0.4 is 5.32 Å². The first kappa shape index (κ1) is 13.2. The summed E-state index contributed by atoms with van der Waals surface area (Å²) in [6.45, 7) is 2.15. The van der Waals surface area contributed by atoms with E-state index in [1.807, 2.05) is 0 Å². The van der Waals surface area contributed by atoms with Crippen molar-refractivity contribution >= 4 is 23.3 Å². The van der Waals surface area contributed by atoms with E-state index in [1.54, 1.807) is 12.1 Å². The van der Waals surface area contributed by atoms with Crippen LogP contribution in [0.1, 0.15) is 43.0 Å². The van der Waals surface area contributed by atoms with Crippen molar-refractivity contribution in [1.82, 2.24) is 0 Å². The van der Waals surface area contributed by atoms with Crippen molar-refractivity contribution in [2.45, 2.75) is 38.6 Å². The number of hydrogen-bond donors (Lipinski definition) is 2. The minimum Gasteiger partial charge on any atom is -0.478 e. The molecular formula is C14H18ClNO2. The SMILES string of the molecule is CCC(CC1CC1)Nc1ccc(C(=O)O)cc1Cl. The zero-order valence-corrected chi connectivity index (χ0v) is 11.2. The second kappa shape index (κ2) is 5.61. The number of carbonyl (C=O) groups is 1. The fraction of sp³-hybridized carbons (Fsp3) is 0.500.